The number of hydrogen-bond acceptors (Lipinski definition) is 5. The fourth-order valence-electron chi connectivity index (χ4n) is 3.70. The van der Waals surface area contributed by atoms with Crippen LogP contribution in [0.3, 0.4) is 0 Å². The number of fused-ring (bicyclic) bond motifs is 1. The zero-order valence-corrected chi connectivity index (χ0v) is 19.5. The number of benzene rings is 3. The zero-order chi connectivity index (χ0) is 25.2. The minimum Gasteiger partial charge on any atom is -0.481 e. The maximum Gasteiger partial charge on any atom is 0.325 e. The van der Waals surface area contributed by atoms with Crippen LogP contribution in [0.5, 0.6) is 0 Å². The average Bonchev–Trinajstić information content (AvgIpc) is 2.86. The largest absolute Gasteiger partial charge is 0.481 e. The number of nitrogens with one attached hydrogen (secondary N) is 1. The Morgan fingerprint density at radius 2 is 1.63 bits per heavy atom. The molecule has 0 heterocycles. The minimum atomic E-state index is -1.14. The molecule has 182 valence electrons. The molecule has 0 bridgehead atoms. The first-order valence-electron chi connectivity index (χ1n) is 11.4. The molecule has 0 radical (unpaired) electrons. The Morgan fingerprint density at radius 1 is 0.943 bits per heavy atom. The van der Waals surface area contributed by atoms with E-state index in [9.17, 15) is 24.3 Å². The molecule has 1 atom stereocenters. The summed E-state index contributed by atoms with van der Waals surface area (Å²) in [6.07, 6.45) is -0.450. The van der Waals surface area contributed by atoms with E-state index in [1.54, 1.807) is 25.1 Å². The maximum absolute atomic E-state index is 13.5. The molecule has 35 heavy (non-hydrogen) atoms. The van der Waals surface area contributed by atoms with Gasteiger partial charge in [-0.1, -0.05) is 60.7 Å². The molecular formula is C27H28N2O6. The van der Waals surface area contributed by atoms with Crippen molar-refractivity contribution in [2.24, 2.45) is 0 Å². The smallest absolute Gasteiger partial charge is 0.325 e. The van der Waals surface area contributed by atoms with E-state index in [-0.39, 0.29) is 32.5 Å². The second-order valence-electron chi connectivity index (χ2n) is 8.01. The van der Waals surface area contributed by atoms with E-state index in [0.29, 0.717) is 5.56 Å². The first kappa shape index (κ1) is 25.4. The highest BCUT2D eigenvalue weighted by atomic mass is 16.5. The summed E-state index contributed by atoms with van der Waals surface area (Å²) in [5.74, 6) is -2.75. The van der Waals surface area contributed by atoms with Crippen molar-refractivity contribution in [1.29, 1.82) is 0 Å². The summed E-state index contributed by atoms with van der Waals surface area (Å²) >= 11 is 0. The highest BCUT2D eigenvalue weighted by Crippen LogP contribution is 2.16. The van der Waals surface area contributed by atoms with E-state index >= 15 is 0 Å². The minimum absolute atomic E-state index is 0.105. The molecule has 0 aliphatic heterocycles. The number of carbonyl (C=O) groups excluding carboxylic acids is 3. The van der Waals surface area contributed by atoms with Crippen molar-refractivity contribution in [2.45, 2.75) is 32.4 Å². The molecule has 3 aromatic carbocycles. The first-order valence-corrected chi connectivity index (χ1v) is 11.4. The monoisotopic (exact) mass is 476 g/mol. The SMILES string of the molecule is CCOC(=O)CN(Cc1ccccc1)C(=O)[C@@H](CCC(=O)O)NC(=O)c1ccc2ccccc2c1. The molecule has 3 aromatic rings. The predicted octanol–water partition coefficient (Wildman–Crippen LogP) is 3.39. The van der Waals surface area contributed by atoms with Crippen molar-refractivity contribution in [3.8, 4) is 0 Å². The molecule has 0 fully saturated rings. The number of aliphatic carboxylic acids is 1. The molecule has 0 saturated heterocycles. The van der Waals surface area contributed by atoms with Gasteiger partial charge in [0.05, 0.1) is 6.61 Å². The Hall–Kier alpha value is -4.20. The molecule has 0 aliphatic rings. The van der Waals surface area contributed by atoms with Crippen LogP contribution in [0.25, 0.3) is 10.8 Å². The van der Waals surface area contributed by atoms with Gasteiger partial charge in [-0.15, -0.1) is 0 Å². The van der Waals surface area contributed by atoms with Crippen LogP contribution in [0.2, 0.25) is 0 Å². The Morgan fingerprint density at radius 3 is 2.31 bits per heavy atom. The van der Waals surface area contributed by atoms with Crippen LogP contribution < -0.4 is 5.32 Å². The Labute approximate surface area is 203 Å². The molecule has 0 aromatic heterocycles. The number of amides is 2. The van der Waals surface area contributed by atoms with Gasteiger partial charge >= 0.3 is 11.9 Å². The fraction of sp³-hybridized carbons (Fsp3) is 0.259. The van der Waals surface area contributed by atoms with Crippen molar-refractivity contribution < 1.29 is 29.0 Å². The molecule has 0 spiro atoms. The highest BCUT2D eigenvalue weighted by molar-refractivity contribution is 6.01. The average molecular weight is 477 g/mol. The number of ether oxygens (including phenoxy) is 1. The molecule has 8 nitrogen and oxygen atoms in total. The van der Waals surface area contributed by atoms with Crippen molar-refractivity contribution in [2.75, 3.05) is 13.2 Å². The second-order valence-corrected chi connectivity index (χ2v) is 8.01. The van der Waals surface area contributed by atoms with Gasteiger partial charge in [0, 0.05) is 18.5 Å². The third-order valence-electron chi connectivity index (χ3n) is 5.42. The highest BCUT2D eigenvalue weighted by Gasteiger charge is 2.29. The van der Waals surface area contributed by atoms with Crippen LogP contribution in [0, 0.1) is 0 Å². The summed E-state index contributed by atoms with van der Waals surface area (Å²) in [6, 6.07) is 20.7. The summed E-state index contributed by atoms with van der Waals surface area (Å²) in [6.45, 7) is 1.61. The van der Waals surface area contributed by atoms with E-state index in [4.69, 9.17) is 4.74 Å². The van der Waals surface area contributed by atoms with Crippen LogP contribution in [0.15, 0.2) is 72.8 Å². The van der Waals surface area contributed by atoms with Gasteiger partial charge in [0.1, 0.15) is 12.6 Å². The van der Waals surface area contributed by atoms with Gasteiger partial charge in [0.2, 0.25) is 5.91 Å². The number of carboxylic acids is 1. The lowest BCUT2D eigenvalue weighted by atomic mass is 10.0. The molecular weight excluding hydrogens is 448 g/mol. The van der Waals surface area contributed by atoms with Gasteiger partial charge in [-0.2, -0.15) is 0 Å². The first-order chi connectivity index (χ1) is 16.9. The van der Waals surface area contributed by atoms with E-state index in [1.807, 2.05) is 54.6 Å². The number of nitrogens with zero attached hydrogens (tertiary/aromatic N) is 1. The fourth-order valence-corrected chi connectivity index (χ4v) is 3.70. The molecule has 3 rings (SSSR count). The van der Waals surface area contributed by atoms with Gasteiger partial charge in [-0.05, 0) is 41.8 Å². The molecule has 0 aliphatic carbocycles. The van der Waals surface area contributed by atoms with Crippen LogP contribution in [-0.4, -0.2) is 53.0 Å². The number of hydrogen-bond donors (Lipinski definition) is 2. The quantitative estimate of drug-likeness (QED) is 0.410. The Bertz CT molecular complexity index is 1190. The summed E-state index contributed by atoms with van der Waals surface area (Å²) in [5, 5.41) is 13.7. The van der Waals surface area contributed by atoms with Crippen molar-refractivity contribution >= 4 is 34.5 Å². The normalized spacial score (nSPS) is 11.5. The van der Waals surface area contributed by atoms with E-state index in [1.165, 1.54) is 4.90 Å². The third kappa shape index (κ3) is 7.40. The maximum atomic E-state index is 13.5. The molecule has 0 saturated carbocycles. The van der Waals surface area contributed by atoms with Gasteiger partial charge < -0.3 is 20.1 Å². The number of carbonyl (C=O) groups is 4. The summed E-state index contributed by atoms with van der Waals surface area (Å²) in [4.78, 5) is 51.2. The lowest BCUT2D eigenvalue weighted by Gasteiger charge is -2.27. The Balaban J connectivity index is 1.84. The van der Waals surface area contributed by atoms with Crippen molar-refractivity contribution in [3.05, 3.63) is 83.9 Å². The Kier molecular flexibility index (Phi) is 8.95. The number of rotatable bonds is 11. The second kappa shape index (κ2) is 12.3. The number of carboxylic acid groups (broad SMARTS) is 1. The summed E-state index contributed by atoms with van der Waals surface area (Å²) in [5.41, 5.74) is 1.12. The van der Waals surface area contributed by atoms with Crippen molar-refractivity contribution in [3.63, 3.8) is 0 Å². The number of esters is 1. The van der Waals surface area contributed by atoms with Gasteiger partial charge in [0.15, 0.2) is 0 Å². The predicted molar refractivity (Wildman–Crippen MR) is 131 cm³/mol. The summed E-state index contributed by atoms with van der Waals surface area (Å²) < 4.78 is 5.02. The van der Waals surface area contributed by atoms with Gasteiger partial charge in [-0.3, -0.25) is 19.2 Å². The van der Waals surface area contributed by atoms with E-state index in [2.05, 4.69) is 5.32 Å². The molecule has 2 amide bonds. The van der Waals surface area contributed by atoms with E-state index < -0.39 is 29.8 Å². The topological polar surface area (TPSA) is 113 Å². The van der Waals surface area contributed by atoms with Crippen LogP contribution in [0.1, 0.15) is 35.7 Å². The summed E-state index contributed by atoms with van der Waals surface area (Å²) in [7, 11) is 0. The van der Waals surface area contributed by atoms with Gasteiger partial charge in [0.25, 0.3) is 5.91 Å². The van der Waals surface area contributed by atoms with Gasteiger partial charge in [-0.25, -0.2) is 0 Å². The lowest BCUT2D eigenvalue weighted by Crippen LogP contribution is -2.50. The van der Waals surface area contributed by atoms with Crippen LogP contribution in [0.4, 0.5) is 0 Å². The standard InChI is InChI=1S/C27H28N2O6/c1-2-35-25(32)18-29(17-19-8-4-3-5-9-19)27(34)23(14-15-24(30)31)28-26(33)22-13-12-20-10-6-7-11-21(20)16-22/h3-13,16,23H,2,14-15,17-18H2,1H3,(H,28,33)(H,30,31)/t23-/m1/s1. The van der Waals surface area contributed by atoms with Crippen LogP contribution >= 0.6 is 0 Å². The molecule has 0 unspecified atom stereocenters. The zero-order valence-electron chi connectivity index (χ0n) is 19.5. The molecule has 8 heteroatoms. The van der Waals surface area contributed by atoms with E-state index in [0.717, 1.165) is 16.3 Å². The van der Waals surface area contributed by atoms with Crippen molar-refractivity contribution in [1.82, 2.24) is 10.2 Å². The van der Waals surface area contributed by atoms with Crippen LogP contribution in [-0.2, 0) is 25.7 Å². The molecule has 2 N–H and O–H groups in total. The lowest BCUT2D eigenvalue weighted by molar-refractivity contribution is -0.150. The third-order valence-corrected chi connectivity index (χ3v) is 5.42.